The Labute approximate surface area is 167 Å². The van der Waals surface area contributed by atoms with Crippen molar-refractivity contribution in [1.29, 1.82) is 0 Å². The molecule has 1 fully saturated rings. The molecule has 144 valence electrons. The molecule has 5 rings (SSSR count). The van der Waals surface area contributed by atoms with Gasteiger partial charge in [-0.25, -0.2) is 0 Å². The molecule has 0 N–H and O–H groups in total. The van der Waals surface area contributed by atoms with E-state index in [1.165, 1.54) is 16.7 Å². The van der Waals surface area contributed by atoms with E-state index in [1.54, 1.807) is 23.5 Å². The van der Waals surface area contributed by atoms with Gasteiger partial charge in [0.15, 0.2) is 5.76 Å². The molecule has 0 bridgehead atoms. The van der Waals surface area contributed by atoms with Gasteiger partial charge in [-0.05, 0) is 62.1 Å². The Morgan fingerprint density at radius 2 is 2.07 bits per heavy atom. The Kier molecular flexibility index (Phi) is 4.29. The van der Waals surface area contributed by atoms with Crippen LogP contribution in [0.1, 0.15) is 39.5 Å². The van der Waals surface area contributed by atoms with Gasteiger partial charge in [0.2, 0.25) is 0 Å². The van der Waals surface area contributed by atoms with Crippen molar-refractivity contribution in [2.75, 3.05) is 19.7 Å². The standard InChI is InChI=1S/C21H21N3O3S/c1-14-4-5-16(23-22-14)18-13-15-6-12-27-21(19(15)28-18)7-9-24(10-8-21)20(25)17-3-2-11-26-17/h2-5,11,13H,6-10,12H2,1H3. The van der Waals surface area contributed by atoms with Crippen molar-refractivity contribution < 1.29 is 13.9 Å². The molecular formula is C21H21N3O3S. The van der Waals surface area contributed by atoms with Crippen molar-refractivity contribution in [2.24, 2.45) is 0 Å². The van der Waals surface area contributed by atoms with Crippen LogP contribution in [0.15, 0.2) is 41.0 Å². The number of piperidine rings is 1. The maximum Gasteiger partial charge on any atom is 0.289 e. The molecule has 0 aliphatic carbocycles. The van der Waals surface area contributed by atoms with Gasteiger partial charge in [0.05, 0.1) is 23.4 Å². The fourth-order valence-electron chi connectivity index (χ4n) is 4.08. The van der Waals surface area contributed by atoms with E-state index < -0.39 is 0 Å². The molecule has 0 unspecified atom stereocenters. The third-order valence-electron chi connectivity index (χ3n) is 5.61. The van der Waals surface area contributed by atoms with Crippen molar-refractivity contribution in [3.05, 3.63) is 58.5 Å². The summed E-state index contributed by atoms with van der Waals surface area (Å²) in [4.78, 5) is 16.9. The van der Waals surface area contributed by atoms with E-state index in [1.807, 2.05) is 24.0 Å². The molecule has 1 spiro atoms. The first-order chi connectivity index (χ1) is 13.6. The van der Waals surface area contributed by atoms with Gasteiger partial charge >= 0.3 is 0 Å². The van der Waals surface area contributed by atoms with E-state index in [9.17, 15) is 4.79 Å². The lowest BCUT2D eigenvalue weighted by molar-refractivity contribution is -0.0908. The number of carbonyl (C=O) groups excluding carboxylic acids is 1. The summed E-state index contributed by atoms with van der Waals surface area (Å²) < 4.78 is 11.6. The van der Waals surface area contributed by atoms with Gasteiger partial charge in [-0.2, -0.15) is 5.10 Å². The molecule has 0 aromatic carbocycles. The molecule has 7 heteroatoms. The predicted octanol–water partition coefficient (Wildman–Crippen LogP) is 3.81. The van der Waals surface area contributed by atoms with Gasteiger partial charge in [-0.15, -0.1) is 16.4 Å². The molecule has 3 aromatic heterocycles. The van der Waals surface area contributed by atoms with Crippen molar-refractivity contribution in [3.8, 4) is 10.6 Å². The molecule has 6 nitrogen and oxygen atoms in total. The first-order valence-corrected chi connectivity index (χ1v) is 10.4. The molecule has 1 saturated heterocycles. The Morgan fingerprint density at radius 1 is 1.21 bits per heavy atom. The first kappa shape index (κ1) is 17.6. The fraction of sp³-hybridized carbons (Fsp3) is 0.381. The molecule has 0 atom stereocenters. The number of rotatable bonds is 2. The minimum absolute atomic E-state index is 0.0438. The third kappa shape index (κ3) is 2.95. The van der Waals surface area contributed by atoms with Crippen LogP contribution in [0.5, 0.6) is 0 Å². The normalized spacial score (nSPS) is 18.2. The molecule has 2 aliphatic rings. The number of thiophene rings is 1. The lowest BCUT2D eigenvalue weighted by atomic mass is 9.85. The molecule has 5 heterocycles. The quantitative estimate of drug-likeness (QED) is 0.660. The van der Waals surface area contributed by atoms with Crippen LogP contribution >= 0.6 is 11.3 Å². The van der Waals surface area contributed by atoms with Crippen LogP contribution in [0.4, 0.5) is 0 Å². The zero-order chi connectivity index (χ0) is 19.1. The molecule has 0 saturated carbocycles. The summed E-state index contributed by atoms with van der Waals surface area (Å²) >= 11 is 1.76. The van der Waals surface area contributed by atoms with Crippen LogP contribution in [-0.2, 0) is 16.8 Å². The number of hydrogen-bond donors (Lipinski definition) is 0. The summed E-state index contributed by atoms with van der Waals surface area (Å²) in [7, 11) is 0. The minimum Gasteiger partial charge on any atom is -0.459 e. The summed E-state index contributed by atoms with van der Waals surface area (Å²) in [5.41, 5.74) is 2.87. The second kappa shape index (κ2) is 6.83. The van der Waals surface area contributed by atoms with Gasteiger partial charge in [0.25, 0.3) is 5.91 Å². The van der Waals surface area contributed by atoms with E-state index in [2.05, 4.69) is 16.3 Å². The highest BCUT2D eigenvalue weighted by molar-refractivity contribution is 7.15. The second-order valence-corrected chi connectivity index (χ2v) is 8.44. The maximum absolute atomic E-state index is 12.6. The highest BCUT2D eigenvalue weighted by Gasteiger charge is 2.43. The Morgan fingerprint density at radius 3 is 2.79 bits per heavy atom. The van der Waals surface area contributed by atoms with Crippen LogP contribution in [0.2, 0.25) is 0 Å². The number of fused-ring (bicyclic) bond motifs is 2. The summed E-state index contributed by atoms with van der Waals surface area (Å²) in [6, 6.07) is 9.72. The molecule has 3 aromatic rings. The first-order valence-electron chi connectivity index (χ1n) is 9.55. The van der Waals surface area contributed by atoms with Crippen molar-refractivity contribution in [2.45, 2.75) is 31.8 Å². The van der Waals surface area contributed by atoms with E-state index >= 15 is 0 Å². The van der Waals surface area contributed by atoms with Gasteiger partial charge < -0.3 is 14.1 Å². The maximum atomic E-state index is 12.6. The highest BCUT2D eigenvalue weighted by Crippen LogP contribution is 2.47. The second-order valence-electron chi connectivity index (χ2n) is 7.39. The molecule has 2 aliphatic heterocycles. The number of furan rings is 1. The molecule has 1 amide bonds. The SMILES string of the molecule is Cc1ccc(-c2cc3c(s2)C2(CCN(C(=O)c4ccco4)CC2)OCC3)nn1. The number of ether oxygens (including phenoxy) is 1. The third-order valence-corrected chi connectivity index (χ3v) is 7.00. The van der Waals surface area contributed by atoms with E-state index in [0.29, 0.717) is 18.8 Å². The summed E-state index contributed by atoms with van der Waals surface area (Å²) in [5, 5.41) is 8.54. The number of likely N-dealkylation sites (tertiary alicyclic amines) is 1. The minimum atomic E-state index is -0.297. The van der Waals surface area contributed by atoms with Crippen LogP contribution in [-0.4, -0.2) is 40.7 Å². The summed E-state index contributed by atoms with van der Waals surface area (Å²) in [5.74, 6) is 0.357. The van der Waals surface area contributed by atoms with Gasteiger partial charge in [0, 0.05) is 18.0 Å². The van der Waals surface area contributed by atoms with E-state index in [4.69, 9.17) is 9.15 Å². The molecule has 0 radical (unpaired) electrons. The predicted molar refractivity (Wildman–Crippen MR) is 105 cm³/mol. The number of amides is 1. The average Bonchev–Trinajstić information content (AvgIpc) is 3.40. The zero-order valence-corrected chi connectivity index (χ0v) is 16.5. The Hall–Kier alpha value is -2.51. The average molecular weight is 395 g/mol. The van der Waals surface area contributed by atoms with Crippen molar-refractivity contribution >= 4 is 17.2 Å². The molecule has 28 heavy (non-hydrogen) atoms. The van der Waals surface area contributed by atoms with Gasteiger partial charge in [-0.3, -0.25) is 4.79 Å². The highest BCUT2D eigenvalue weighted by atomic mass is 32.1. The Bertz CT molecular complexity index is 987. The summed E-state index contributed by atoms with van der Waals surface area (Å²) in [6.07, 6.45) is 4.05. The topological polar surface area (TPSA) is 68.5 Å². The Balaban J connectivity index is 1.39. The van der Waals surface area contributed by atoms with Gasteiger partial charge in [0.1, 0.15) is 11.3 Å². The zero-order valence-electron chi connectivity index (χ0n) is 15.7. The van der Waals surface area contributed by atoms with Crippen LogP contribution in [0.3, 0.4) is 0 Å². The number of nitrogens with zero attached hydrogens (tertiary/aromatic N) is 3. The monoisotopic (exact) mass is 395 g/mol. The number of carbonyl (C=O) groups is 1. The van der Waals surface area contributed by atoms with Crippen LogP contribution < -0.4 is 0 Å². The van der Waals surface area contributed by atoms with Crippen LogP contribution in [0, 0.1) is 6.92 Å². The number of hydrogen-bond acceptors (Lipinski definition) is 6. The lowest BCUT2D eigenvalue weighted by Gasteiger charge is -2.43. The fourth-order valence-corrected chi connectivity index (χ4v) is 5.45. The molecular weight excluding hydrogens is 374 g/mol. The summed E-state index contributed by atoms with van der Waals surface area (Å²) in [6.45, 7) is 3.98. The smallest absolute Gasteiger partial charge is 0.289 e. The van der Waals surface area contributed by atoms with E-state index in [0.717, 1.165) is 42.1 Å². The van der Waals surface area contributed by atoms with E-state index in [-0.39, 0.29) is 11.5 Å². The number of aryl methyl sites for hydroxylation is 1. The van der Waals surface area contributed by atoms with Crippen molar-refractivity contribution in [1.82, 2.24) is 15.1 Å². The van der Waals surface area contributed by atoms with Crippen LogP contribution in [0.25, 0.3) is 10.6 Å². The number of aromatic nitrogens is 2. The largest absolute Gasteiger partial charge is 0.459 e. The van der Waals surface area contributed by atoms with Gasteiger partial charge in [-0.1, -0.05) is 0 Å². The lowest BCUT2D eigenvalue weighted by Crippen LogP contribution is -2.47. The van der Waals surface area contributed by atoms with Crippen molar-refractivity contribution in [3.63, 3.8) is 0 Å².